The van der Waals surface area contributed by atoms with Gasteiger partial charge in [0.2, 0.25) is 11.8 Å². The lowest BCUT2D eigenvalue weighted by atomic mass is 10.2. The van der Waals surface area contributed by atoms with Crippen LogP contribution < -0.4 is 20.7 Å². The van der Waals surface area contributed by atoms with E-state index in [1.54, 1.807) is 12.4 Å². The van der Waals surface area contributed by atoms with E-state index < -0.39 is 0 Å². The molecule has 8 nitrogen and oxygen atoms in total. The summed E-state index contributed by atoms with van der Waals surface area (Å²) in [5, 5.41) is 7.95. The standard InChI is InChI=1S/C24H32N6O2/c1-29(2)21-13-9-19(10-14-21)17-25-27-23(31)7-5-6-8-24(32)28-26-18-20-11-15-22(16-12-20)30(3)4/h9-18H,5-8H2,1-4H3,(H,27,31)(H,28,32). The maximum atomic E-state index is 11.9. The third-order valence-electron chi connectivity index (χ3n) is 4.68. The van der Waals surface area contributed by atoms with Crippen LogP contribution in [0.25, 0.3) is 0 Å². The van der Waals surface area contributed by atoms with Gasteiger partial charge in [-0.25, -0.2) is 10.9 Å². The zero-order chi connectivity index (χ0) is 23.3. The van der Waals surface area contributed by atoms with Gasteiger partial charge in [-0.15, -0.1) is 0 Å². The molecule has 2 N–H and O–H groups in total. The quantitative estimate of drug-likeness (QED) is 0.322. The normalized spacial score (nSPS) is 11.0. The van der Waals surface area contributed by atoms with E-state index in [0.717, 1.165) is 22.5 Å². The second kappa shape index (κ2) is 12.9. The molecule has 0 saturated heterocycles. The average molecular weight is 437 g/mol. The maximum Gasteiger partial charge on any atom is 0.240 e. The Kier molecular flexibility index (Phi) is 9.90. The first-order chi connectivity index (χ1) is 15.3. The number of unbranched alkanes of at least 4 members (excludes halogenated alkanes) is 1. The minimum Gasteiger partial charge on any atom is -0.378 e. The van der Waals surface area contributed by atoms with Crippen molar-refractivity contribution in [2.75, 3.05) is 38.0 Å². The molecule has 32 heavy (non-hydrogen) atoms. The molecule has 0 aromatic heterocycles. The van der Waals surface area contributed by atoms with E-state index in [-0.39, 0.29) is 11.8 Å². The molecular weight excluding hydrogens is 404 g/mol. The Morgan fingerprint density at radius 3 is 1.34 bits per heavy atom. The lowest BCUT2D eigenvalue weighted by Crippen LogP contribution is -2.19. The van der Waals surface area contributed by atoms with Crippen molar-refractivity contribution in [3.05, 3.63) is 59.7 Å². The molecule has 0 aliphatic carbocycles. The number of nitrogens with zero attached hydrogens (tertiary/aromatic N) is 4. The van der Waals surface area contributed by atoms with Crippen molar-refractivity contribution in [3.63, 3.8) is 0 Å². The van der Waals surface area contributed by atoms with E-state index in [1.807, 2.05) is 86.5 Å². The first-order valence-electron chi connectivity index (χ1n) is 10.5. The van der Waals surface area contributed by atoms with E-state index in [0.29, 0.717) is 25.7 Å². The van der Waals surface area contributed by atoms with E-state index >= 15 is 0 Å². The first kappa shape index (κ1) is 24.6. The number of anilines is 2. The number of carbonyl (C=O) groups excluding carboxylic acids is 2. The van der Waals surface area contributed by atoms with E-state index in [1.165, 1.54) is 0 Å². The van der Waals surface area contributed by atoms with Gasteiger partial charge in [-0.1, -0.05) is 24.3 Å². The Hall–Kier alpha value is -3.68. The predicted molar refractivity (Wildman–Crippen MR) is 131 cm³/mol. The van der Waals surface area contributed by atoms with Gasteiger partial charge in [0.25, 0.3) is 0 Å². The molecule has 8 heteroatoms. The average Bonchev–Trinajstić information content (AvgIpc) is 2.77. The summed E-state index contributed by atoms with van der Waals surface area (Å²) in [6, 6.07) is 15.7. The van der Waals surface area contributed by atoms with Crippen molar-refractivity contribution >= 4 is 35.6 Å². The third-order valence-corrected chi connectivity index (χ3v) is 4.68. The van der Waals surface area contributed by atoms with Crippen molar-refractivity contribution in [3.8, 4) is 0 Å². The predicted octanol–water partition coefficient (Wildman–Crippen LogP) is 2.98. The zero-order valence-corrected chi connectivity index (χ0v) is 19.2. The van der Waals surface area contributed by atoms with Gasteiger partial charge in [0.1, 0.15) is 0 Å². The lowest BCUT2D eigenvalue weighted by molar-refractivity contribution is -0.123. The van der Waals surface area contributed by atoms with E-state index in [4.69, 9.17) is 0 Å². The summed E-state index contributed by atoms with van der Waals surface area (Å²) in [4.78, 5) is 27.7. The molecule has 0 unspecified atom stereocenters. The van der Waals surface area contributed by atoms with E-state index in [2.05, 4.69) is 21.1 Å². The SMILES string of the molecule is CN(C)c1ccc(C=NNC(=O)CCCCC(=O)NN=Cc2ccc(N(C)C)cc2)cc1. The molecule has 2 rings (SSSR count). The monoisotopic (exact) mass is 436 g/mol. The fourth-order valence-corrected chi connectivity index (χ4v) is 2.76. The van der Waals surface area contributed by atoms with Gasteiger partial charge >= 0.3 is 0 Å². The molecule has 0 bridgehead atoms. The van der Waals surface area contributed by atoms with Gasteiger partial charge in [-0.05, 0) is 48.2 Å². The minimum absolute atomic E-state index is 0.175. The number of hydrogen-bond acceptors (Lipinski definition) is 6. The molecule has 0 radical (unpaired) electrons. The summed E-state index contributed by atoms with van der Waals surface area (Å²) in [7, 11) is 7.91. The summed E-state index contributed by atoms with van der Waals surface area (Å²) in [5.41, 5.74) is 9.03. The van der Waals surface area contributed by atoms with Crippen LogP contribution in [0.3, 0.4) is 0 Å². The van der Waals surface area contributed by atoms with Crippen molar-refractivity contribution in [2.24, 2.45) is 10.2 Å². The maximum absolute atomic E-state index is 11.9. The number of amides is 2. The number of hydrazone groups is 2. The Balaban J connectivity index is 1.59. The van der Waals surface area contributed by atoms with Gasteiger partial charge in [-0.3, -0.25) is 9.59 Å². The van der Waals surface area contributed by atoms with Crippen LogP contribution in [0.2, 0.25) is 0 Å². The molecular formula is C24H32N6O2. The second-order valence-corrected chi connectivity index (χ2v) is 7.77. The van der Waals surface area contributed by atoms with Crippen LogP contribution in [0.15, 0.2) is 58.7 Å². The fraction of sp³-hybridized carbons (Fsp3) is 0.333. The van der Waals surface area contributed by atoms with Crippen LogP contribution in [0.4, 0.5) is 11.4 Å². The summed E-state index contributed by atoms with van der Waals surface area (Å²) in [6.45, 7) is 0. The van der Waals surface area contributed by atoms with Gasteiger partial charge in [0, 0.05) is 52.4 Å². The number of carbonyl (C=O) groups is 2. The van der Waals surface area contributed by atoms with Gasteiger partial charge in [0.15, 0.2) is 0 Å². The molecule has 0 heterocycles. The number of hydrogen-bond donors (Lipinski definition) is 2. The Bertz CT molecular complexity index is 841. The number of nitrogens with one attached hydrogen (secondary N) is 2. The molecule has 0 aliphatic rings. The molecule has 0 saturated carbocycles. The van der Waals surface area contributed by atoms with Crippen LogP contribution in [0.1, 0.15) is 36.8 Å². The van der Waals surface area contributed by atoms with Crippen molar-refractivity contribution in [2.45, 2.75) is 25.7 Å². The van der Waals surface area contributed by atoms with Crippen LogP contribution >= 0.6 is 0 Å². The number of benzene rings is 2. The Morgan fingerprint density at radius 1 is 0.688 bits per heavy atom. The molecule has 0 atom stereocenters. The summed E-state index contributed by atoms with van der Waals surface area (Å²) in [5.74, 6) is -0.350. The van der Waals surface area contributed by atoms with Crippen LogP contribution in [0, 0.1) is 0 Å². The first-order valence-corrected chi connectivity index (χ1v) is 10.5. The van der Waals surface area contributed by atoms with Gasteiger partial charge < -0.3 is 9.80 Å². The topological polar surface area (TPSA) is 89.4 Å². The van der Waals surface area contributed by atoms with Gasteiger partial charge in [-0.2, -0.15) is 10.2 Å². The summed E-state index contributed by atoms with van der Waals surface area (Å²) >= 11 is 0. The number of rotatable bonds is 11. The van der Waals surface area contributed by atoms with Crippen molar-refractivity contribution in [1.29, 1.82) is 0 Å². The van der Waals surface area contributed by atoms with Gasteiger partial charge in [0.05, 0.1) is 12.4 Å². The molecule has 0 fully saturated rings. The Labute approximate surface area is 190 Å². The molecule has 170 valence electrons. The highest BCUT2D eigenvalue weighted by Gasteiger charge is 2.03. The lowest BCUT2D eigenvalue weighted by Gasteiger charge is -2.11. The molecule has 2 aromatic carbocycles. The largest absolute Gasteiger partial charge is 0.378 e. The van der Waals surface area contributed by atoms with Crippen LogP contribution in [-0.4, -0.2) is 52.4 Å². The minimum atomic E-state index is -0.175. The molecule has 2 amide bonds. The second-order valence-electron chi connectivity index (χ2n) is 7.77. The molecule has 2 aromatic rings. The zero-order valence-electron chi connectivity index (χ0n) is 19.2. The highest BCUT2D eigenvalue weighted by molar-refractivity contribution is 5.83. The highest BCUT2D eigenvalue weighted by atomic mass is 16.2. The van der Waals surface area contributed by atoms with Crippen molar-refractivity contribution < 1.29 is 9.59 Å². The highest BCUT2D eigenvalue weighted by Crippen LogP contribution is 2.11. The fourth-order valence-electron chi connectivity index (χ4n) is 2.76. The Morgan fingerprint density at radius 2 is 1.03 bits per heavy atom. The molecule has 0 spiro atoms. The van der Waals surface area contributed by atoms with E-state index in [9.17, 15) is 9.59 Å². The molecule has 0 aliphatic heterocycles. The van der Waals surface area contributed by atoms with Crippen LogP contribution in [0.5, 0.6) is 0 Å². The van der Waals surface area contributed by atoms with Crippen LogP contribution in [-0.2, 0) is 9.59 Å². The summed E-state index contributed by atoms with van der Waals surface area (Å²) in [6.07, 6.45) is 5.04. The smallest absolute Gasteiger partial charge is 0.240 e. The third kappa shape index (κ3) is 8.99. The summed E-state index contributed by atoms with van der Waals surface area (Å²) < 4.78 is 0. The van der Waals surface area contributed by atoms with Crippen molar-refractivity contribution in [1.82, 2.24) is 10.9 Å².